The number of nitrogens with one attached hydrogen (secondary N) is 2. The molecule has 0 saturated heterocycles. The van der Waals surface area contributed by atoms with E-state index < -0.39 is 0 Å². The second-order valence-electron chi connectivity index (χ2n) is 6.99. The van der Waals surface area contributed by atoms with Crippen LogP contribution in [0.3, 0.4) is 0 Å². The summed E-state index contributed by atoms with van der Waals surface area (Å²) in [4.78, 5) is 10.5. The highest BCUT2D eigenvalue weighted by Gasteiger charge is 2.16. The summed E-state index contributed by atoms with van der Waals surface area (Å²) in [6, 6.07) is 11.7. The van der Waals surface area contributed by atoms with Gasteiger partial charge in [0.1, 0.15) is 17.8 Å². The number of hydrogen-bond donors (Lipinski definition) is 2. The van der Waals surface area contributed by atoms with E-state index in [1.807, 2.05) is 35.2 Å². The van der Waals surface area contributed by atoms with Gasteiger partial charge in [-0.2, -0.15) is 5.26 Å². The van der Waals surface area contributed by atoms with Crippen LogP contribution in [0.4, 0.5) is 11.5 Å². The largest absolute Gasteiger partial charge is 0.493 e. The van der Waals surface area contributed by atoms with Gasteiger partial charge in [-0.05, 0) is 48.5 Å². The third-order valence-electron chi connectivity index (χ3n) is 4.81. The van der Waals surface area contributed by atoms with Gasteiger partial charge in [-0.1, -0.05) is 6.07 Å². The van der Waals surface area contributed by atoms with Crippen molar-refractivity contribution in [2.24, 2.45) is 0 Å². The highest BCUT2D eigenvalue weighted by atomic mass is 32.1. The number of aromatic nitrogens is 2. The van der Waals surface area contributed by atoms with Crippen LogP contribution in [0.5, 0.6) is 11.5 Å². The van der Waals surface area contributed by atoms with Gasteiger partial charge in [-0.3, -0.25) is 0 Å². The van der Waals surface area contributed by atoms with Crippen molar-refractivity contribution >= 4 is 28.8 Å². The number of anilines is 2. The van der Waals surface area contributed by atoms with Crippen molar-refractivity contribution in [2.45, 2.75) is 19.4 Å². The van der Waals surface area contributed by atoms with E-state index >= 15 is 0 Å². The minimum Gasteiger partial charge on any atom is -0.493 e. The standard InChI is InChI=1S/C23H26N6O3S/c1-30-20-7-6-17(13-21(20)31-2)8-10-26-23(33)28-19-14-25-16-27-22(19)29(11-4-9-24)15-18-5-3-12-32-18/h3,5-7,12-14,16H,4,8,10-11,15H2,1-2H3,(H2,26,28,33). The summed E-state index contributed by atoms with van der Waals surface area (Å²) in [6.45, 7) is 1.58. The molecule has 0 fully saturated rings. The Morgan fingerprint density at radius 1 is 1.24 bits per heavy atom. The molecule has 3 rings (SSSR count). The molecule has 2 N–H and O–H groups in total. The maximum absolute atomic E-state index is 9.06. The quantitative estimate of drug-likeness (QED) is 0.407. The minimum absolute atomic E-state index is 0.345. The number of furan rings is 1. The maximum Gasteiger partial charge on any atom is 0.170 e. The Kier molecular flexibility index (Phi) is 8.85. The molecule has 0 aliphatic carbocycles. The number of rotatable bonds is 11. The fourth-order valence-electron chi connectivity index (χ4n) is 3.22. The average molecular weight is 467 g/mol. The number of nitriles is 1. The van der Waals surface area contributed by atoms with E-state index in [1.54, 1.807) is 26.7 Å². The molecule has 3 aromatic rings. The van der Waals surface area contributed by atoms with Gasteiger partial charge in [0.05, 0.1) is 45.7 Å². The molecule has 10 heteroatoms. The molecule has 0 saturated carbocycles. The first-order chi connectivity index (χ1) is 16.1. The Bertz CT molecular complexity index is 1080. The molecule has 2 heterocycles. The van der Waals surface area contributed by atoms with E-state index in [9.17, 15) is 0 Å². The van der Waals surface area contributed by atoms with Crippen LogP contribution in [0.25, 0.3) is 0 Å². The zero-order chi connectivity index (χ0) is 23.5. The molecular weight excluding hydrogens is 440 g/mol. The van der Waals surface area contributed by atoms with Crippen LogP contribution in [-0.2, 0) is 13.0 Å². The summed E-state index contributed by atoms with van der Waals surface area (Å²) in [5.74, 6) is 2.79. The zero-order valence-electron chi connectivity index (χ0n) is 18.6. The summed E-state index contributed by atoms with van der Waals surface area (Å²) in [7, 11) is 3.23. The van der Waals surface area contributed by atoms with Crippen molar-refractivity contribution in [3.8, 4) is 17.6 Å². The van der Waals surface area contributed by atoms with Gasteiger partial charge in [0, 0.05) is 13.1 Å². The molecule has 2 aromatic heterocycles. The summed E-state index contributed by atoms with van der Waals surface area (Å²) in [6.07, 6.45) is 5.83. The number of ether oxygens (including phenoxy) is 2. The van der Waals surface area contributed by atoms with Crippen molar-refractivity contribution in [1.82, 2.24) is 15.3 Å². The lowest BCUT2D eigenvalue weighted by atomic mass is 10.1. The van der Waals surface area contributed by atoms with E-state index in [0.29, 0.717) is 54.2 Å². The summed E-state index contributed by atoms with van der Waals surface area (Å²) in [5.41, 5.74) is 1.73. The van der Waals surface area contributed by atoms with Crippen molar-refractivity contribution in [2.75, 3.05) is 37.5 Å². The molecule has 172 valence electrons. The molecule has 0 amide bonds. The molecule has 9 nitrogen and oxygen atoms in total. The number of methoxy groups -OCH3 is 2. The zero-order valence-corrected chi connectivity index (χ0v) is 19.4. The molecule has 0 spiro atoms. The Hall–Kier alpha value is -3.84. The van der Waals surface area contributed by atoms with Crippen molar-refractivity contribution in [3.05, 3.63) is 60.4 Å². The van der Waals surface area contributed by atoms with Crippen LogP contribution in [0.15, 0.2) is 53.5 Å². The number of benzene rings is 1. The maximum atomic E-state index is 9.06. The number of hydrogen-bond acceptors (Lipinski definition) is 8. The first-order valence-corrected chi connectivity index (χ1v) is 10.8. The molecule has 0 unspecified atom stereocenters. The lowest BCUT2D eigenvalue weighted by molar-refractivity contribution is 0.354. The summed E-state index contributed by atoms with van der Waals surface area (Å²) in [5, 5.41) is 15.9. The van der Waals surface area contributed by atoms with E-state index in [0.717, 1.165) is 17.7 Å². The molecule has 0 aliphatic rings. The molecule has 1 aromatic carbocycles. The SMILES string of the molecule is COc1ccc(CCNC(=S)Nc2cncnc2N(CCC#N)Cc2ccco2)cc1OC. The summed E-state index contributed by atoms with van der Waals surface area (Å²) >= 11 is 5.48. The van der Waals surface area contributed by atoms with Gasteiger partial charge < -0.3 is 29.4 Å². The second kappa shape index (κ2) is 12.3. The van der Waals surface area contributed by atoms with Crippen molar-refractivity contribution in [3.63, 3.8) is 0 Å². The first-order valence-electron chi connectivity index (χ1n) is 10.3. The van der Waals surface area contributed by atoms with E-state index in [-0.39, 0.29) is 0 Å². The third kappa shape index (κ3) is 6.82. The van der Waals surface area contributed by atoms with Gasteiger partial charge in [0.2, 0.25) is 0 Å². The van der Waals surface area contributed by atoms with Gasteiger partial charge in [-0.15, -0.1) is 0 Å². The van der Waals surface area contributed by atoms with Gasteiger partial charge in [-0.25, -0.2) is 9.97 Å². The highest BCUT2D eigenvalue weighted by Crippen LogP contribution is 2.27. The Labute approximate surface area is 198 Å². The molecule has 0 bridgehead atoms. The fourth-order valence-corrected chi connectivity index (χ4v) is 3.43. The predicted octanol–water partition coefficient (Wildman–Crippen LogP) is 3.54. The van der Waals surface area contributed by atoms with Crippen LogP contribution < -0.4 is 25.0 Å². The smallest absolute Gasteiger partial charge is 0.170 e. The Morgan fingerprint density at radius 3 is 2.82 bits per heavy atom. The average Bonchev–Trinajstić information content (AvgIpc) is 3.35. The number of nitrogens with zero attached hydrogens (tertiary/aromatic N) is 4. The molecule has 0 aliphatic heterocycles. The van der Waals surface area contributed by atoms with Crippen LogP contribution in [0, 0.1) is 11.3 Å². The van der Waals surface area contributed by atoms with Crippen LogP contribution in [0.2, 0.25) is 0 Å². The summed E-state index contributed by atoms with van der Waals surface area (Å²) < 4.78 is 16.1. The van der Waals surface area contributed by atoms with Crippen molar-refractivity contribution in [1.29, 1.82) is 5.26 Å². The topological polar surface area (TPSA) is 108 Å². The van der Waals surface area contributed by atoms with E-state index in [2.05, 4.69) is 26.7 Å². The van der Waals surface area contributed by atoms with Gasteiger partial charge >= 0.3 is 0 Å². The van der Waals surface area contributed by atoms with Crippen LogP contribution in [0.1, 0.15) is 17.7 Å². The molecule has 0 radical (unpaired) electrons. The van der Waals surface area contributed by atoms with Crippen LogP contribution >= 0.6 is 12.2 Å². The molecule has 33 heavy (non-hydrogen) atoms. The lowest BCUT2D eigenvalue weighted by Crippen LogP contribution is -2.32. The van der Waals surface area contributed by atoms with Gasteiger partial charge in [0.25, 0.3) is 0 Å². The van der Waals surface area contributed by atoms with Crippen LogP contribution in [-0.4, -0.2) is 42.4 Å². The molecular formula is C23H26N6O3S. The monoisotopic (exact) mass is 466 g/mol. The normalized spacial score (nSPS) is 10.2. The van der Waals surface area contributed by atoms with E-state index in [1.165, 1.54) is 6.33 Å². The highest BCUT2D eigenvalue weighted by molar-refractivity contribution is 7.80. The van der Waals surface area contributed by atoms with E-state index in [4.69, 9.17) is 31.4 Å². The Morgan fingerprint density at radius 2 is 2.09 bits per heavy atom. The first kappa shape index (κ1) is 23.8. The predicted molar refractivity (Wildman–Crippen MR) is 129 cm³/mol. The van der Waals surface area contributed by atoms with Gasteiger partial charge in [0.15, 0.2) is 22.4 Å². The molecule has 0 atom stereocenters. The van der Waals surface area contributed by atoms with Crippen molar-refractivity contribution < 1.29 is 13.9 Å². The fraction of sp³-hybridized carbons (Fsp3) is 0.304. The second-order valence-corrected chi connectivity index (χ2v) is 7.40. The third-order valence-corrected chi connectivity index (χ3v) is 5.05. The number of thiocarbonyl (C=S) groups is 1. The Balaban J connectivity index is 1.62. The minimum atomic E-state index is 0.345. The lowest BCUT2D eigenvalue weighted by Gasteiger charge is -2.24.